The van der Waals surface area contributed by atoms with Crippen molar-refractivity contribution in [3.8, 4) is 0 Å². The minimum atomic E-state index is -0.901. The van der Waals surface area contributed by atoms with Crippen molar-refractivity contribution in [2.45, 2.75) is 4.75 Å². The fourth-order valence-electron chi connectivity index (χ4n) is 2.83. The van der Waals surface area contributed by atoms with Crippen LogP contribution in [-0.4, -0.2) is 10.4 Å². The molecule has 0 aliphatic carbocycles. The Labute approximate surface area is 139 Å². The van der Waals surface area contributed by atoms with E-state index in [1.165, 1.54) is 0 Å². The molecule has 0 amide bonds. The molecule has 0 bridgehead atoms. The third-order valence-corrected chi connectivity index (χ3v) is 4.97. The zero-order chi connectivity index (χ0) is 16.1. The number of carbonyl (C=O) groups is 1. The van der Waals surface area contributed by atoms with Crippen LogP contribution in [0.4, 0.5) is 4.79 Å². The first kappa shape index (κ1) is 15.4. The summed E-state index contributed by atoms with van der Waals surface area (Å²) in [5.41, 5.74) is 2.85. The van der Waals surface area contributed by atoms with E-state index in [1.807, 2.05) is 91.0 Å². The van der Waals surface area contributed by atoms with Crippen LogP contribution in [0.2, 0.25) is 0 Å². The van der Waals surface area contributed by atoms with Crippen LogP contribution < -0.4 is 0 Å². The lowest BCUT2D eigenvalue weighted by Crippen LogP contribution is -2.27. The predicted molar refractivity (Wildman–Crippen MR) is 94.8 cm³/mol. The number of rotatable bonds is 4. The van der Waals surface area contributed by atoms with E-state index in [0.717, 1.165) is 28.5 Å². The fraction of sp³-hybridized carbons (Fsp3) is 0.0500. The average molecular weight is 320 g/mol. The summed E-state index contributed by atoms with van der Waals surface area (Å²) in [6, 6.07) is 29.4. The van der Waals surface area contributed by atoms with Crippen molar-refractivity contribution in [3.05, 3.63) is 108 Å². The average Bonchev–Trinajstić information content (AvgIpc) is 2.62. The molecular formula is C20H16O2S. The van der Waals surface area contributed by atoms with Gasteiger partial charge < -0.3 is 5.11 Å². The largest absolute Gasteiger partial charge is 0.473 e. The normalized spacial score (nSPS) is 11.1. The first-order valence-corrected chi connectivity index (χ1v) is 8.13. The summed E-state index contributed by atoms with van der Waals surface area (Å²) >= 11 is 0.923. The van der Waals surface area contributed by atoms with E-state index in [0.29, 0.717) is 0 Å². The minimum Gasteiger partial charge on any atom is -0.473 e. The SMILES string of the molecule is O=C(O)SC(c1ccccc1)(c1ccccc1)c1ccccc1. The van der Waals surface area contributed by atoms with Crippen LogP contribution in [0.3, 0.4) is 0 Å². The molecule has 3 heteroatoms. The summed E-state index contributed by atoms with van der Waals surface area (Å²) in [7, 11) is 0. The standard InChI is InChI=1S/C20H16O2S/c21-19(22)23-20(16-10-4-1-5-11-16,17-12-6-2-7-13-17)18-14-8-3-9-15-18/h1-15H,(H,21,22). The van der Waals surface area contributed by atoms with Crippen molar-refractivity contribution in [1.82, 2.24) is 0 Å². The highest BCUT2D eigenvalue weighted by Crippen LogP contribution is 2.48. The van der Waals surface area contributed by atoms with E-state index in [-0.39, 0.29) is 0 Å². The van der Waals surface area contributed by atoms with E-state index in [9.17, 15) is 9.90 Å². The molecule has 0 heterocycles. The summed E-state index contributed by atoms with van der Waals surface area (Å²) in [6.07, 6.45) is 0. The number of carboxylic acid groups (broad SMARTS) is 1. The lowest BCUT2D eigenvalue weighted by molar-refractivity contribution is 0.222. The summed E-state index contributed by atoms with van der Waals surface area (Å²) in [5, 5.41) is 8.69. The van der Waals surface area contributed by atoms with Gasteiger partial charge in [0.15, 0.2) is 0 Å². The van der Waals surface area contributed by atoms with Gasteiger partial charge in [-0.1, -0.05) is 91.0 Å². The van der Waals surface area contributed by atoms with Gasteiger partial charge in [0, 0.05) is 0 Å². The van der Waals surface area contributed by atoms with Crippen molar-refractivity contribution in [1.29, 1.82) is 0 Å². The maximum atomic E-state index is 11.7. The zero-order valence-electron chi connectivity index (χ0n) is 12.4. The van der Waals surface area contributed by atoms with Gasteiger partial charge in [-0.2, -0.15) is 0 Å². The van der Waals surface area contributed by atoms with Gasteiger partial charge >= 0.3 is 5.30 Å². The molecule has 3 aromatic carbocycles. The first-order valence-electron chi connectivity index (χ1n) is 7.32. The molecule has 0 aromatic heterocycles. The third-order valence-electron chi connectivity index (χ3n) is 3.78. The highest BCUT2D eigenvalue weighted by atomic mass is 32.2. The van der Waals surface area contributed by atoms with Crippen molar-refractivity contribution >= 4 is 17.1 Å². The smallest absolute Gasteiger partial charge is 0.366 e. The molecule has 0 fully saturated rings. The molecule has 3 rings (SSSR count). The van der Waals surface area contributed by atoms with Gasteiger partial charge in [-0.3, -0.25) is 0 Å². The highest BCUT2D eigenvalue weighted by molar-refractivity contribution is 8.14. The van der Waals surface area contributed by atoms with E-state index < -0.39 is 10.0 Å². The lowest BCUT2D eigenvalue weighted by atomic mass is 9.84. The minimum absolute atomic E-state index is 0.782. The van der Waals surface area contributed by atoms with E-state index in [4.69, 9.17) is 0 Å². The number of benzene rings is 3. The molecule has 114 valence electrons. The Morgan fingerprint density at radius 2 is 0.957 bits per heavy atom. The summed E-state index contributed by atoms with van der Waals surface area (Å²) in [5.74, 6) is 0. The van der Waals surface area contributed by atoms with Crippen molar-refractivity contribution in [3.63, 3.8) is 0 Å². The molecule has 2 nitrogen and oxygen atoms in total. The topological polar surface area (TPSA) is 37.3 Å². The van der Waals surface area contributed by atoms with Gasteiger partial charge in [0.1, 0.15) is 4.75 Å². The molecule has 0 spiro atoms. The fourth-order valence-corrected chi connectivity index (χ4v) is 3.85. The van der Waals surface area contributed by atoms with Crippen LogP contribution in [0.1, 0.15) is 16.7 Å². The molecule has 23 heavy (non-hydrogen) atoms. The Morgan fingerprint density at radius 3 is 1.22 bits per heavy atom. The Hall–Kier alpha value is -2.52. The Morgan fingerprint density at radius 1 is 0.652 bits per heavy atom. The maximum Gasteiger partial charge on any atom is 0.366 e. The Balaban J connectivity index is 2.32. The van der Waals surface area contributed by atoms with Gasteiger partial charge in [-0.15, -0.1) is 0 Å². The third kappa shape index (κ3) is 3.01. The van der Waals surface area contributed by atoms with Crippen molar-refractivity contribution in [2.24, 2.45) is 0 Å². The number of hydrogen-bond acceptors (Lipinski definition) is 2. The second-order valence-corrected chi connectivity index (χ2v) is 6.31. The molecule has 1 N–H and O–H groups in total. The molecule has 0 aliphatic heterocycles. The predicted octanol–water partition coefficient (Wildman–Crippen LogP) is 5.39. The van der Waals surface area contributed by atoms with Crippen LogP contribution in [0.15, 0.2) is 91.0 Å². The van der Waals surface area contributed by atoms with Gasteiger partial charge in [0.2, 0.25) is 0 Å². The lowest BCUT2D eigenvalue weighted by Gasteiger charge is -2.33. The maximum absolute atomic E-state index is 11.7. The van der Waals surface area contributed by atoms with Crippen LogP contribution in [0.25, 0.3) is 0 Å². The zero-order valence-corrected chi connectivity index (χ0v) is 13.2. The molecular weight excluding hydrogens is 304 g/mol. The van der Waals surface area contributed by atoms with E-state index in [1.54, 1.807) is 0 Å². The summed E-state index contributed by atoms with van der Waals surface area (Å²) < 4.78 is -0.782. The second-order valence-electron chi connectivity index (χ2n) is 5.15. The van der Waals surface area contributed by atoms with Crippen molar-refractivity contribution in [2.75, 3.05) is 0 Å². The van der Waals surface area contributed by atoms with Crippen LogP contribution in [0, 0.1) is 0 Å². The quantitative estimate of drug-likeness (QED) is 0.655. The van der Waals surface area contributed by atoms with Gasteiger partial charge in [0.05, 0.1) is 0 Å². The monoisotopic (exact) mass is 320 g/mol. The van der Waals surface area contributed by atoms with E-state index in [2.05, 4.69) is 0 Å². The highest BCUT2D eigenvalue weighted by Gasteiger charge is 2.39. The molecule has 3 aromatic rings. The number of thioether (sulfide) groups is 1. The van der Waals surface area contributed by atoms with Gasteiger partial charge in [-0.25, -0.2) is 4.79 Å². The number of hydrogen-bond donors (Lipinski definition) is 1. The Kier molecular flexibility index (Phi) is 4.49. The summed E-state index contributed by atoms with van der Waals surface area (Å²) in [6.45, 7) is 0. The molecule has 0 saturated carbocycles. The van der Waals surface area contributed by atoms with Gasteiger partial charge in [0.25, 0.3) is 0 Å². The molecule has 0 aliphatic rings. The first-order chi connectivity index (χ1) is 11.2. The van der Waals surface area contributed by atoms with Gasteiger partial charge in [-0.05, 0) is 28.5 Å². The second kappa shape index (κ2) is 6.71. The van der Waals surface area contributed by atoms with Crippen molar-refractivity contribution < 1.29 is 9.90 Å². The van der Waals surface area contributed by atoms with E-state index >= 15 is 0 Å². The van der Waals surface area contributed by atoms with Crippen LogP contribution in [-0.2, 0) is 4.75 Å². The Bertz CT molecular complexity index is 674. The van der Waals surface area contributed by atoms with Crippen LogP contribution in [0.5, 0.6) is 0 Å². The molecule has 0 radical (unpaired) electrons. The molecule has 0 saturated heterocycles. The van der Waals surface area contributed by atoms with Crippen LogP contribution >= 0.6 is 11.8 Å². The molecule has 0 unspecified atom stereocenters. The molecule has 0 atom stereocenters. The summed E-state index contributed by atoms with van der Waals surface area (Å²) in [4.78, 5) is 11.7.